The average Bonchev–Trinajstić information content (AvgIpc) is 3.35. The molecule has 5 N–H and O–H groups in total. The lowest BCUT2D eigenvalue weighted by atomic mass is 9.78. The van der Waals surface area contributed by atoms with Gasteiger partial charge in [0.05, 0.1) is 41.2 Å². The van der Waals surface area contributed by atoms with E-state index in [2.05, 4.69) is 5.32 Å². The van der Waals surface area contributed by atoms with E-state index in [4.69, 9.17) is 23.7 Å². The first-order chi connectivity index (χ1) is 28.3. The molecule has 2 aromatic rings. The van der Waals surface area contributed by atoms with Gasteiger partial charge in [0.15, 0.2) is 12.4 Å². The molecular formula is C45H60N2O13. The van der Waals surface area contributed by atoms with Crippen LogP contribution >= 0.6 is 0 Å². The second-order valence-electron chi connectivity index (χ2n) is 16.5. The van der Waals surface area contributed by atoms with Crippen LogP contribution in [0.5, 0.6) is 23.0 Å². The molecule has 0 spiro atoms. The zero-order chi connectivity index (χ0) is 44.2. The number of nitrogens with one attached hydrogen (secondary N) is 1. The van der Waals surface area contributed by atoms with Crippen LogP contribution in [0.25, 0.3) is 10.8 Å². The van der Waals surface area contributed by atoms with Crippen molar-refractivity contribution >= 4 is 40.0 Å². The minimum absolute atomic E-state index is 0.0446. The number of methoxy groups -OCH3 is 1. The van der Waals surface area contributed by atoms with Crippen molar-refractivity contribution in [2.24, 2.45) is 23.7 Å². The van der Waals surface area contributed by atoms with Crippen LogP contribution in [0.1, 0.15) is 90.1 Å². The second-order valence-corrected chi connectivity index (χ2v) is 16.5. The third-order valence-electron chi connectivity index (χ3n) is 12.1. The number of anilines is 1. The van der Waals surface area contributed by atoms with E-state index in [1.54, 1.807) is 44.7 Å². The van der Waals surface area contributed by atoms with Gasteiger partial charge < -0.3 is 54.3 Å². The van der Waals surface area contributed by atoms with E-state index in [1.807, 2.05) is 0 Å². The van der Waals surface area contributed by atoms with Gasteiger partial charge in [-0.3, -0.25) is 19.2 Å². The Bertz CT molecular complexity index is 2050. The van der Waals surface area contributed by atoms with Gasteiger partial charge in [0.1, 0.15) is 23.4 Å². The molecule has 2 amide bonds. The first-order valence-electron chi connectivity index (χ1n) is 20.6. The van der Waals surface area contributed by atoms with Crippen molar-refractivity contribution in [3.05, 3.63) is 53.3 Å². The number of carbonyl (C=O) groups excluding carboxylic acids is 4. The molecule has 4 aliphatic rings. The summed E-state index contributed by atoms with van der Waals surface area (Å²) in [5.41, 5.74) is 0.0423. The van der Waals surface area contributed by atoms with Gasteiger partial charge in [-0.1, -0.05) is 58.8 Å². The number of likely N-dealkylation sites (tertiary alicyclic amines) is 1. The van der Waals surface area contributed by atoms with Crippen molar-refractivity contribution in [1.29, 1.82) is 0 Å². The van der Waals surface area contributed by atoms with Gasteiger partial charge in [-0.15, -0.1) is 0 Å². The van der Waals surface area contributed by atoms with E-state index in [0.717, 1.165) is 25.7 Å². The predicted molar refractivity (Wildman–Crippen MR) is 223 cm³/mol. The number of aliphatic hydroxyl groups excluding tert-OH is 2. The third kappa shape index (κ3) is 9.43. The van der Waals surface area contributed by atoms with E-state index in [9.17, 15) is 39.6 Å². The summed E-state index contributed by atoms with van der Waals surface area (Å²) in [6.07, 6.45) is 7.37. The SMILES string of the molecule is COC1/C=C/OC2(C)Oc3c(C)c(O)c4c(O)c(cc(OCC(=O)N5CCCCCC5)c4c3C2=O)NC(=O)C(C)=C/C=C/C(C)C(O)C(C)C(O)C(C)C(OC(C)=O)C1C. The fourth-order valence-electron chi connectivity index (χ4n) is 8.30. The maximum Gasteiger partial charge on any atom is 0.312 e. The zero-order valence-corrected chi connectivity index (χ0v) is 35.9. The number of ketones is 1. The maximum atomic E-state index is 14.5. The number of amides is 2. The summed E-state index contributed by atoms with van der Waals surface area (Å²) in [5.74, 6) is -7.83. The Kier molecular flexibility index (Phi) is 14.6. The molecule has 6 rings (SSSR count). The number of hydrogen-bond acceptors (Lipinski definition) is 13. The molecule has 1 saturated heterocycles. The molecule has 15 heteroatoms. The lowest BCUT2D eigenvalue weighted by Gasteiger charge is -2.38. The molecule has 9 unspecified atom stereocenters. The van der Waals surface area contributed by atoms with Crippen LogP contribution in [0.3, 0.4) is 0 Å². The molecule has 0 aliphatic carbocycles. The molecule has 5 bridgehead atoms. The number of nitrogens with zero attached hydrogens (tertiary/aromatic N) is 1. The molecular weight excluding hydrogens is 776 g/mol. The van der Waals surface area contributed by atoms with Crippen LogP contribution in [0, 0.1) is 30.6 Å². The summed E-state index contributed by atoms with van der Waals surface area (Å²) in [6.45, 7) is 13.3. The highest BCUT2D eigenvalue weighted by Crippen LogP contribution is 2.54. The number of aliphatic hydroxyl groups is 2. The van der Waals surface area contributed by atoms with Crippen LogP contribution in [0.15, 0.2) is 42.2 Å². The highest BCUT2D eigenvalue weighted by atomic mass is 16.7. The Morgan fingerprint density at radius 2 is 1.60 bits per heavy atom. The van der Waals surface area contributed by atoms with Gasteiger partial charge in [-0.05, 0) is 32.8 Å². The number of rotatable bonds is 5. The number of Topliss-reactive ketones (excluding diaryl/α,β-unsaturated/α-hetero) is 1. The Morgan fingerprint density at radius 3 is 2.23 bits per heavy atom. The lowest BCUT2D eigenvalue weighted by Crippen LogP contribution is -2.46. The topological polar surface area (TPSA) is 211 Å². The van der Waals surface area contributed by atoms with E-state index in [-0.39, 0.29) is 50.6 Å². The van der Waals surface area contributed by atoms with E-state index >= 15 is 0 Å². The number of benzene rings is 2. The molecule has 60 heavy (non-hydrogen) atoms. The van der Waals surface area contributed by atoms with Crippen molar-refractivity contribution in [2.75, 3.05) is 32.1 Å². The molecule has 4 heterocycles. The normalized spacial score (nSPS) is 30.4. The molecule has 9 atom stereocenters. The monoisotopic (exact) mass is 836 g/mol. The Balaban J connectivity index is 1.66. The maximum absolute atomic E-state index is 14.5. The van der Waals surface area contributed by atoms with Gasteiger partial charge in [-0.2, -0.15) is 0 Å². The minimum atomic E-state index is -2.02. The number of fused-ring (bicyclic) bond motifs is 14. The first kappa shape index (κ1) is 46.0. The van der Waals surface area contributed by atoms with E-state index in [1.165, 1.54) is 59.3 Å². The van der Waals surface area contributed by atoms with Crippen LogP contribution in [0.2, 0.25) is 0 Å². The fraction of sp³-hybridized carbons (Fsp3) is 0.556. The largest absolute Gasteiger partial charge is 0.507 e. The van der Waals surface area contributed by atoms with Crippen molar-refractivity contribution in [3.63, 3.8) is 0 Å². The summed E-state index contributed by atoms with van der Waals surface area (Å²) in [4.78, 5) is 55.6. The Hall–Kier alpha value is -5.12. The summed E-state index contributed by atoms with van der Waals surface area (Å²) < 4.78 is 29.9. The number of ether oxygens (including phenoxy) is 5. The van der Waals surface area contributed by atoms with Crippen molar-refractivity contribution in [2.45, 2.75) is 111 Å². The lowest BCUT2D eigenvalue weighted by molar-refractivity contribution is -0.160. The molecule has 4 aliphatic heterocycles. The molecule has 1 fully saturated rings. The molecule has 15 nitrogen and oxygen atoms in total. The number of phenolic OH excluding ortho intramolecular Hbond substituents is 2. The summed E-state index contributed by atoms with van der Waals surface area (Å²) in [5, 5.41) is 48.6. The van der Waals surface area contributed by atoms with Crippen molar-refractivity contribution in [1.82, 2.24) is 4.90 Å². The quantitative estimate of drug-likeness (QED) is 0.178. The number of allylic oxidation sites excluding steroid dienone is 2. The highest BCUT2D eigenvalue weighted by Gasteiger charge is 2.50. The molecule has 0 saturated carbocycles. The van der Waals surface area contributed by atoms with Crippen LogP contribution in [-0.2, 0) is 28.6 Å². The van der Waals surface area contributed by atoms with Crippen LogP contribution in [-0.4, -0.2) is 106 Å². The Morgan fingerprint density at radius 1 is 0.933 bits per heavy atom. The number of hydrogen-bond donors (Lipinski definition) is 5. The molecule has 2 aromatic carbocycles. The van der Waals surface area contributed by atoms with Crippen LogP contribution < -0.4 is 14.8 Å². The fourth-order valence-corrected chi connectivity index (χ4v) is 8.30. The van der Waals surface area contributed by atoms with E-state index in [0.29, 0.717) is 13.1 Å². The van der Waals surface area contributed by atoms with Gasteiger partial charge in [0, 0.05) is 80.3 Å². The number of carbonyl (C=O) groups is 4. The minimum Gasteiger partial charge on any atom is -0.507 e. The Labute approximate surface area is 351 Å². The smallest absolute Gasteiger partial charge is 0.312 e. The average molecular weight is 837 g/mol. The molecule has 0 radical (unpaired) electrons. The highest BCUT2D eigenvalue weighted by molar-refractivity contribution is 6.21. The summed E-state index contributed by atoms with van der Waals surface area (Å²) in [7, 11) is 1.44. The second kappa shape index (κ2) is 19.1. The molecule has 328 valence electrons. The number of phenols is 2. The first-order valence-corrected chi connectivity index (χ1v) is 20.6. The van der Waals surface area contributed by atoms with Gasteiger partial charge in [-0.25, -0.2) is 0 Å². The van der Waals surface area contributed by atoms with Gasteiger partial charge >= 0.3 is 11.8 Å². The van der Waals surface area contributed by atoms with Crippen molar-refractivity contribution in [3.8, 4) is 23.0 Å². The summed E-state index contributed by atoms with van der Waals surface area (Å²) in [6, 6.07) is 1.29. The summed E-state index contributed by atoms with van der Waals surface area (Å²) >= 11 is 0. The van der Waals surface area contributed by atoms with Crippen molar-refractivity contribution < 1.29 is 63.3 Å². The zero-order valence-electron chi connectivity index (χ0n) is 35.9. The number of esters is 1. The standard InChI is InChI=1S/C45H60N2O13/c1-23-15-14-16-24(2)44(55)46-30-21-32(57-22-33(49)47-18-12-10-11-13-19-47)34-35(40(30)53)39(52)28(6)42-36(34)43(54)45(8,60-42)58-20-17-31(56-9)25(3)41(59-29(7)48)27(5)38(51)26(4)37(23)50/h14-17,20-21,23,25-27,31,37-38,41,50-53H,10-13,18-19,22H2,1-9H3,(H,46,55)/b15-14+,20-17+,24-16?. The van der Waals surface area contributed by atoms with E-state index < -0.39 is 89.6 Å². The van der Waals surface area contributed by atoms with Crippen LogP contribution in [0.4, 0.5) is 5.69 Å². The third-order valence-corrected chi connectivity index (χ3v) is 12.1. The number of aromatic hydroxyl groups is 2. The van der Waals surface area contributed by atoms with Gasteiger partial charge in [0.25, 0.3) is 17.6 Å². The van der Waals surface area contributed by atoms with Gasteiger partial charge in [0.2, 0.25) is 0 Å². The predicted octanol–water partition coefficient (Wildman–Crippen LogP) is 5.83. The molecule has 0 aromatic heterocycles.